The van der Waals surface area contributed by atoms with Crippen LogP contribution in [0.5, 0.6) is 0 Å². The van der Waals surface area contributed by atoms with E-state index in [1.807, 2.05) is 78.9 Å². The third-order valence-electron chi connectivity index (χ3n) is 8.45. The summed E-state index contributed by atoms with van der Waals surface area (Å²) in [7, 11) is 0. The van der Waals surface area contributed by atoms with E-state index in [1.165, 1.54) is 0 Å². The Labute approximate surface area is 260 Å². The minimum atomic E-state index is -0.976. The maximum Gasteiger partial charge on any atom is 0.249 e. The third-order valence-corrected chi connectivity index (χ3v) is 8.45. The van der Waals surface area contributed by atoms with Crippen LogP contribution < -0.4 is 15.1 Å². The van der Waals surface area contributed by atoms with Gasteiger partial charge in [-0.25, -0.2) is 4.68 Å². The number of nitrogens with one attached hydrogen (secondary N) is 1. The first-order chi connectivity index (χ1) is 22.1. The fourth-order valence-corrected chi connectivity index (χ4v) is 6.09. The number of para-hydroxylation sites is 2. The zero-order valence-corrected chi connectivity index (χ0v) is 24.9. The van der Waals surface area contributed by atoms with Crippen LogP contribution in [0.4, 0.5) is 11.4 Å². The average Bonchev–Trinajstić information content (AvgIpc) is 3.77. The molecule has 11 nitrogen and oxygen atoms in total. The molecular formula is C34H35N7O4. The number of nitrogens with zero attached hydrogens (tertiary/aromatic N) is 6. The first-order valence-electron chi connectivity index (χ1n) is 15.4. The second-order valence-corrected chi connectivity index (χ2v) is 11.4. The smallest absolute Gasteiger partial charge is 0.249 e. The molecule has 5 aromatic rings. The summed E-state index contributed by atoms with van der Waals surface area (Å²) in [5, 5.41) is 12.4. The molecule has 0 aliphatic carbocycles. The minimum Gasteiger partial charge on any atom is -0.378 e. The molecule has 0 saturated carbocycles. The van der Waals surface area contributed by atoms with E-state index in [4.69, 9.17) is 9.47 Å². The van der Waals surface area contributed by atoms with Gasteiger partial charge in [0.2, 0.25) is 11.8 Å². The van der Waals surface area contributed by atoms with Crippen molar-refractivity contribution in [2.75, 3.05) is 49.3 Å². The predicted octanol–water partition coefficient (Wildman–Crippen LogP) is 3.89. The lowest BCUT2D eigenvalue weighted by Crippen LogP contribution is -2.46. The highest BCUT2D eigenvalue weighted by atomic mass is 16.5. The van der Waals surface area contributed by atoms with Crippen molar-refractivity contribution in [3.05, 3.63) is 90.6 Å². The number of anilines is 2. The summed E-state index contributed by atoms with van der Waals surface area (Å²) < 4.78 is 12.9. The van der Waals surface area contributed by atoms with Crippen LogP contribution in [0.3, 0.4) is 0 Å². The maximum absolute atomic E-state index is 14.5. The first kappa shape index (κ1) is 28.9. The normalized spacial score (nSPS) is 17.4. The zero-order chi connectivity index (χ0) is 30.6. The second kappa shape index (κ2) is 13.0. The number of amides is 2. The summed E-state index contributed by atoms with van der Waals surface area (Å²) in [6.07, 6.45) is 3.45. The monoisotopic (exact) mass is 605 g/mol. The number of ether oxygens (including phenoxy) is 2. The fraction of sp³-hybridized carbons (Fsp3) is 0.324. The molecule has 4 heterocycles. The number of rotatable bonds is 9. The first-order valence-corrected chi connectivity index (χ1v) is 15.4. The average molecular weight is 606 g/mol. The Morgan fingerprint density at radius 2 is 1.73 bits per heavy atom. The second-order valence-electron chi connectivity index (χ2n) is 11.4. The van der Waals surface area contributed by atoms with Gasteiger partial charge in [-0.2, -0.15) is 0 Å². The molecule has 2 aromatic heterocycles. The zero-order valence-electron chi connectivity index (χ0n) is 24.9. The molecule has 7 rings (SSSR count). The Morgan fingerprint density at radius 3 is 2.53 bits per heavy atom. The van der Waals surface area contributed by atoms with E-state index in [1.54, 1.807) is 15.8 Å². The van der Waals surface area contributed by atoms with E-state index in [9.17, 15) is 9.59 Å². The van der Waals surface area contributed by atoms with E-state index in [-0.39, 0.29) is 24.5 Å². The van der Waals surface area contributed by atoms with Crippen LogP contribution in [0.15, 0.2) is 85.1 Å². The summed E-state index contributed by atoms with van der Waals surface area (Å²) >= 11 is 0. The lowest BCUT2D eigenvalue weighted by atomic mass is 10.0. The predicted molar refractivity (Wildman–Crippen MR) is 171 cm³/mol. The van der Waals surface area contributed by atoms with Gasteiger partial charge in [0.1, 0.15) is 18.1 Å². The standard InChI is InChI=1S/C34H35N7O4/c42-32(23-40-31-10-4-3-9-30(31)37-38-40)41(27-20-25-6-1-2-8-29(25)35-21-27)33(34(43)36-22-28-7-5-17-45-28)24-11-13-26(14-12-24)39-15-18-44-19-16-39/h1-4,6,8-14,20-21,28,33H,5,7,15-19,22-23H2,(H,36,43). The molecule has 2 amide bonds. The number of benzene rings is 3. The Bertz CT molecular complexity index is 1800. The number of hydrogen-bond acceptors (Lipinski definition) is 8. The highest BCUT2D eigenvalue weighted by Crippen LogP contribution is 2.32. The van der Waals surface area contributed by atoms with Crippen molar-refractivity contribution in [2.45, 2.75) is 31.5 Å². The van der Waals surface area contributed by atoms with Crippen molar-refractivity contribution in [2.24, 2.45) is 0 Å². The SMILES string of the molecule is O=C(NCC1CCCO1)C(c1ccc(N2CCOCC2)cc1)N(C(=O)Cn1nnc2ccccc21)c1cnc2ccccc2c1. The number of carbonyl (C=O) groups is 2. The number of aromatic nitrogens is 4. The van der Waals surface area contributed by atoms with Crippen molar-refractivity contribution in [3.8, 4) is 0 Å². The molecule has 11 heteroatoms. The lowest BCUT2D eigenvalue weighted by Gasteiger charge is -2.33. The lowest BCUT2D eigenvalue weighted by molar-refractivity contribution is -0.127. The van der Waals surface area contributed by atoms with E-state index in [0.717, 1.165) is 48.0 Å². The van der Waals surface area contributed by atoms with E-state index in [0.29, 0.717) is 43.1 Å². The number of fused-ring (bicyclic) bond motifs is 2. The highest BCUT2D eigenvalue weighted by molar-refractivity contribution is 6.02. The fourth-order valence-electron chi connectivity index (χ4n) is 6.09. The molecule has 2 aliphatic heterocycles. The summed E-state index contributed by atoms with van der Waals surface area (Å²) in [6.45, 7) is 3.87. The summed E-state index contributed by atoms with van der Waals surface area (Å²) in [5.41, 5.74) is 4.45. The number of pyridine rings is 1. The molecule has 1 N–H and O–H groups in total. The number of hydrogen-bond donors (Lipinski definition) is 1. The van der Waals surface area contributed by atoms with Gasteiger partial charge in [0.25, 0.3) is 0 Å². The highest BCUT2D eigenvalue weighted by Gasteiger charge is 2.34. The summed E-state index contributed by atoms with van der Waals surface area (Å²) in [5.74, 6) is -0.619. The van der Waals surface area contributed by atoms with Gasteiger partial charge in [0.15, 0.2) is 0 Å². The van der Waals surface area contributed by atoms with Crippen LogP contribution in [-0.2, 0) is 25.6 Å². The van der Waals surface area contributed by atoms with Crippen LogP contribution in [0.2, 0.25) is 0 Å². The van der Waals surface area contributed by atoms with Gasteiger partial charge < -0.3 is 19.7 Å². The van der Waals surface area contributed by atoms with E-state index in [2.05, 4.69) is 25.5 Å². The van der Waals surface area contributed by atoms with Gasteiger partial charge in [-0.3, -0.25) is 19.5 Å². The van der Waals surface area contributed by atoms with Gasteiger partial charge in [0.05, 0.1) is 42.2 Å². The summed E-state index contributed by atoms with van der Waals surface area (Å²) in [4.78, 5) is 37.2. The molecule has 2 saturated heterocycles. The van der Waals surface area contributed by atoms with Gasteiger partial charge in [-0.05, 0) is 54.8 Å². The van der Waals surface area contributed by atoms with E-state index >= 15 is 0 Å². The molecular weight excluding hydrogens is 570 g/mol. The minimum absolute atomic E-state index is 0.0497. The summed E-state index contributed by atoms with van der Waals surface area (Å²) in [6, 6.07) is 24.0. The molecule has 0 radical (unpaired) electrons. The Kier molecular flexibility index (Phi) is 8.35. The van der Waals surface area contributed by atoms with Gasteiger partial charge in [-0.15, -0.1) is 5.10 Å². The van der Waals surface area contributed by atoms with Gasteiger partial charge in [-0.1, -0.05) is 47.7 Å². The van der Waals surface area contributed by atoms with Crippen molar-refractivity contribution in [1.29, 1.82) is 0 Å². The van der Waals surface area contributed by atoms with Crippen LogP contribution >= 0.6 is 0 Å². The molecule has 45 heavy (non-hydrogen) atoms. The van der Waals surface area contributed by atoms with Crippen molar-refractivity contribution in [1.82, 2.24) is 25.3 Å². The molecule has 2 atom stereocenters. The largest absolute Gasteiger partial charge is 0.378 e. The molecule has 230 valence electrons. The molecule has 2 unspecified atom stereocenters. The van der Waals surface area contributed by atoms with Gasteiger partial charge in [0, 0.05) is 37.3 Å². The Hall–Kier alpha value is -4.87. The maximum atomic E-state index is 14.5. The molecule has 3 aromatic carbocycles. The molecule has 2 aliphatic rings. The number of carbonyl (C=O) groups excluding carboxylic acids is 2. The topological polar surface area (TPSA) is 115 Å². The van der Waals surface area contributed by atoms with Crippen LogP contribution in [0.25, 0.3) is 21.9 Å². The molecule has 0 spiro atoms. The molecule has 0 bridgehead atoms. The van der Waals surface area contributed by atoms with E-state index < -0.39 is 6.04 Å². The Morgan fingerprint density at radius 1 is 0.956 bits per heavy atom. The van der Waals surface area contributed by atoms with Crippen LogP contribution in [0, 0.1) is 0 Å². The quantitative estimate of drug-likeness (QED) is 0.269. The van der Waals surface area contributed by atoms with Crippen molar-refractivity contribution >= 4 is 45.1 Å². The number of morpholine rings is 1. The van der Waals surface area contributed by atoms with Gasteiger partial charge >= 0.3 is 0 Å². The Balaban J connectivity index is 1.29. The van der Waals surface area contributed by atoms with Crippen LogP contribution in [-0.4, -0.2) is 77.4 Å². The molecule has 2 fully saturated rings. The van der Waals surface area contributed by atoms with Crippen molar-refractivity contribution in [3.63, 3.8) is 0 Å². The third kappa shape index (κ3) is 6.22. The van der Waals surface area contributed by atoms with Crippen molar-refractivity contribution < 1.29 is 19.1 Å². The van der Waals surface area contributed by atoms with Crippen LogP contribution in [0.1, 0.15) is 24.4 Å².